The molecule has 1 fully saturated rings. The molecule has 0 N–H and O–H groups in total. The van der Waals surface area contributed by atoms with Crippen LogP contribution < -0.4 is 10.6 Å². The fourth-order valence-electron chi connectivity index (χ4n) is 3.57. The zero-order chi connectivity index (χ0) is 20.4. The average Bonchev–Trinajstić information content (AvgIpc) is 2.72. The number of piperidine rings is 1. The van der Waals surface area contributed by atoms with E-state index in [-0.39, 0.29) is 24.2 Å². The van der Waals surface area contributed by atoms with Gasteiger partial charge in [0.25, 0.3) is 0 Å². The van der Waals surface area contributed by atoms with Crippen LogP contribution in [-0.2, 0) is 6.54 Å². The summed E-state index contributed by atoms with van der Waals surface area (Å²) in [5.74, 6) is -0.422. The summed E-state index contributed by atoms with van der Waals surface area (Å²) in [6, 6.07) is 13.1. The van der Waals surface area contributed by atoms with Crippen LogP contribution in [0.1, 0.15) is 23.5 Å². The fraction of sp³-hybridized carbons (Fsp3) is 0.286. The lowest BCUT2D eigenvalue weighted by molar-refractivity contribution is 0.248. The Kier molecular flexibility index (Phi) is 5.58. The third kappa shape index (κ3) is 4.45. The predicted molar refractivity (Wildman–Crippen MR) is 108 cm³/mol. The molecule has 2 aromatic carbocycles. The Bertz CT molecular complexity index is 1040. The number of hydrogen-bond donors (Lipinski definition) is 0. The standard InChI is InChI=1S/C21H19ClF2N4O/c22-16-5-1-14(2-6-16)11-28-13-25-20(26-21(28)29)27-10-9-18(19(24)12-27)15-3-7-17(23)8-4-15/h1-8,13,18-19H,9-12H2. The second-order valence-corrected chi connectivity index (χ2v) is 7.54. The van der Waals surface area contributed by atoms with Gasteiger partial charge in [-0.15, -0.1) is 0 Å². The lowest BCUT2D eigenvalue weighted by atomic mass is 9.88. The largest absolute Gasteiger partial charge is 0.352 e. The molecule has 4 rings (SSSR count). The molecule has 0 saturated carbocycles. The lowest BCUT2D eigenvalue weighted by Crippen LogP contribution is -2.42. The zero-order valence-corrected chi connectivity index (χ0v) is 16.3. The van der Waals surface area contributed by atoms with Gasteiger partial charge in [0.15, 0.2) is 0 Å². The summed E-state index contributed by atoms with van der Waals surface area (Å²) in [6.45, 7) is 0.931. The normalized spacial score (nSPS) is 19.3. The van der Waals surface area contributed by atoms with E-state index in [2.05, 4.69) is 9.97 Å². The van der Waals surface area contributed by atoms with Crippen molar-refractivity contribution in [3.8, 4) is 0 Å². The zero-order valence-electron chi connectivity index (χ0n) is 15.5. The number of rotatable bonds is 4. The fourth-order valence-corrected chi connectivity index (χ4v) is 3.69. The van der Waals surface area contributed by atoms with Gasteiger partial charge in [-0.3, -0.25) is 4.57 Å². The van der Waals surface area contributed by atoms with Crippen LogP contribution in [0.2, 0.25) is 5.02 Å². The number of halogens is 3. The first-order valence-corrected chi connectivity index (χ1v) is 9.70. The molecule has 150 valence electrons. The van der Waals surface area contributed by atoms with Gasteiger partial charge in [0, 0.05) is 17.5 Å². The smallest absolute Gasteiger partial charge is 0.338 e. The Morgan fingerprint density at radius 2 is 1.83 bits per heavy atom. The first-order valence-electron chi connectivity index (χ1n) is 9.32. The summed E-state index contributed by atoms with van der Waals surface area (Å²) in [4.78, 5) is 22.4. The van der Waals surface area contributed by atoms with Gasteiger partial charge in [-0.05, 0) is 41.8 Å². The number of nitrogens with zero attached hydrogens (tertiary/aromatic N) is 4. The van der Waals surface area contributed by atoms with Crippen molar-refractivity contribution in [1.82, 2.24) is 14.5 Å². The molecular weight excluding hydrogens is 398 g/mol. The molecule has 2 atom stereocenters. The van der Waals surface area contributed by atoms with Crippen molar-refractivity contribution in [2.24, 2.45) is 0 Å². The van der Waals surface area contributed by atoms with E-state index in [4.69, 9.17) is 11.6 Å². The molecule has 29 heavy (non-hydrogen) atoms. The summed E-state index contributed by atoms with van der Waals surface area (Å²) in [5, 5.41) is 0.623. The van der Waals surface area contributed by atoms with E-state index in [1.54, 1.807) is 29.2 Å². The van der Waals surface area contributed by atoms with Gasteiger partial charge in [0.2, 0.25) is 5.95 Å². The second kappa shape index (κ2) is 8.29. The summed E-state index contributed by atoms with van der Waals surface area (Å²) in [6.07, 6.45) is 0.803. The minimum Gasteiger partial charge on any atom is -0.338 e. The van der Waals surface area contributed by atoms with Crippen molar-refractivity contribution in [2.45, 2.75) is 25.1 Å². The average molecular weight is 417 g/mol. The molecule has 1 aromatic heterocycles. The van der Waals surface area contributed by atoms with Crippen molar-refractivity contribution < 1.29 is 8.78 Å². The van der Waals surface area contributed by atoms with Crippen molar-refractivity contribution in [3.05, 3.63) is 87.3 Å². The van der Waals surface area contributed by atoms with Gasteiger partial charge in [-0.25, -0.2) is 18.6 Å². The Labute approximate surface area is 171 Å². The third-order valence-electron chi connectivity index (χ3n) is 5.14. The summed E-state index contributed by atoms with van der Waals surface area (Å²) in [5.41, 5.74) is 1.23. The van der Waals surface area contributed by atoms with Crippen LogP contribution in [0, 0.1) is 5.82 Å². The van der Waals surface area contributed by atoms with Crippen molar-refractivity contribution in [3.63, 3.8) is 0 Å². The summed E-state index contributed by atoms with van der Waals surface area (Å²) in [7, 11) is 0. The number of anilines is 1. The molecule has 0 bridgehead atoms. The van der Waals surface area contributed by atoms with Gasteiger partial charge >= 0.3 is 5.69 Å². The molecule has 2 heterocycles. The van der Waals surface area contributed by atoms with E-state index in [9.17, 15) is 13.6 Å². The van der Waals surface area contributed by atoms with Gasteiger partial charge in [-0.1, -0.05) is 35.9 Å². The highest BCUT2D eigenvalue weighted by molar-refractivity contribution is 6.30. The number of hydrogen-bond acceptors (Lipinski definition) is 4. The van der Waals surface area contributed by atoms with E-state index in [0.717, 1.165) is 11.1 Å². The van der Waals surface area contributed by atoms with Crippen LogP contribution in [-0.4, -0.2) is 33.8 Å². The molecule has 5 nitrogen and oxygen atoms in total. The van der Waals surface area contributed by atoms with Crippen LogP contribution in [0.15, 0.2) is 59.7 Å². The first-order chi connectivity index (χ1) is 14.0. The Morgan fingerprint density at radius 3 is 2.48 bits per heavy atom. The Balaban J connectivity index is 1.45. The van der Waals surface area contributed by atoms with Crippen LogP contribution in [0.4, 0.5) is 14.7 Å². The van der Waals surface area contributed by atoms with Gasteiger partial charge < -0.3 is 4.90 Å². The van der Waals surface area contributed by atoms with E-state index >= 15 is 0 Å². The number of alkyl halides is 1. The molecule has 8 heteroatoms. The second-order valence-electron chi connectivity index (χ2n) is 7.10. The van der Waals surface area contributed by atoms with Crippen LogP contribution >= 0.6 is 11.6 Å². The highest BCUT2D eigenvalue weighted by atomic mass is 35.5. The van der Waals surface area contributed by atoms with Crippen molar-refractivity contribution >= 4 is 17.5 Å². The molecule has 1 aliphatic rings. The third-order valence-corrected chi connectivity index (χ3v) is 5.39. The molecule has 0 amide bonds. The monoisotopic (exact) mass is 416 g/mol. The van der Waals surface area contributed by atoms with Crippen LogP contribution in [0.25, 0.3) is 0 Å². The Morgan fingerprint density at radius 1 is 1.10 bits per heavy atom. The molecule has 1 aliphatic heterocycles. The minimum absolute atomic E-state index is 0.0860. The summed E-state index contributed by atoms with van der Waals surface area (Å²) >= 11 is 5.87. The van der Waals surface area contributed by atoms with E-state index in [0.29, 0.717) is 24.5 Å². The van der Waals surface area contributed by atoms with Crippen molar-refractivity contribution in [1.29, 1.82) is 0 Å². The van der Waals surface area contributed by atoms with E-state index < -0.39 is 11.9 Å². The maximum atomic E-state index is 14.8. The van der Waals surface area contributed by atoms with E-state index in [1.165, 1.54) is 23.0 Å². The molecule has 0 aliphatic carbocycles. The van der Waals surface area contributed by atoms with Crippen LogP contribution in [0.5, 0.6) is 0 Å². The highest BCUT2D eigenvalue weighted by Gasteiger charge is 2.31. The predicted octanol–water partition coefficient (Wildman–Crippen LogP) is 3.81. The van der Waals surface area contributed by atoms with E-state index in [1.807, 2.05) is 12.1 Å². The molecule has 3 aromatic rings. The quantitative estimate of drug-likeness (QED) is 0.649. The van der Waals surface area contributed by atoms with Gasteiger partial charge in [-0.2, -0.15) is 4.98 Å². The lowest BCUT2D eigenvalue weighted by Gasteiger charge is -2.34. The number of benzene rings is 2. The topological polar surface area (TPSA) is 51.0 Å². The molecular formula is C21H19ClF2N4O. The highest BCUT2D eigenvalue weighted by Crippen LogP contribution is 2.31. The van der Waals surface area contributed by atoms with Crippen molar-refractivity contribution in [2.75, 3.05) is 18.0 Å². The maximum Gasteiger partial charge on any atom is 0.352 e. The minimum atomic E-state index is -1.16. The Hall–Kier alpha value is -2.80. The van der Waals surface area contributed by atoms with Gasteiger partial charge in [0.05, 0.1) is 13.1 Å². The summed E-state index contributed by atoms with van der Waals surface area (Å²) < 4.78 is 29.3. The van der Waals surface area contributed by atoms with Crippen LogP contribution in [0.3, 0.4) is 0 Å². The first kappa shape index (κ1) is 19.5. The van der Waals surface area contributed by atoms with Gasteiger partial charge in [0.1, 0.15) is 18.3 Å². The maximum absolute atomic E-state index is 14.8. The molecule has 1 saturated heterocycles. The SMILES string of the molecule is O=c1nc(N2CCC(c3ccc(F)cc3)C(F)C2)ncn1Cc1ccc(Cl)cc1. The molecule has 0 radical (unpaired) electrons. The molecule has 0 spiro atoms. The number of aromatic nitrogens is 3. The molecule has 2 unspecified atom stereocenters.